The quantitative estimate of drug-likeness (QED) is 0.629. The Hall–Kier alpha value is -2.32. The molecule has 0 aliphatic rings. The number of thiophene rings is 1. The molecule has 4 heterocycles. The van der Waals surface area contributed by atoms with Crippen molar-refractivity contribution in [2.45, 2.75) is 6.54 Å². The van der Waals surface area contributed by atoms with Crippen LogP contribution in [0, 0.1) is 0 Å². The molecule has 21 heavy (non-hydrogen) atoms. The molecule has 0 unspecified atom stereocenters. The van der Waals surface area contributed by atoms with E-state index in [-0.39, 0.29) is 5.69 Å². The molecule has 0 radical (unpaired) electrons. The number of aromatic amines is 1. The van der Waals surface area contributed by atoms with Gasteiger partial charge in [0.15, 0.2) is 0 Å². The summed E-state index contributed by atoms with van der Waals surface area (Å²) < 4.78 is 1.54. The number of H-pyrrole nitrogens is 1. The van der Waals surface area contributed by atoms with E-state index in [9.17, 15) is 4.79 Å². The van der Waals surface area contributed by atoms with Gasteiger partial charge in [-0.05, 0) is 18.2 Å². The Morgan fingerprint density at radius 1 is 1.29 bits per heavy atom. The van der Waals surface area contributed by atoms with Crippen molar-refractivity contribution in [1.82, 2.24) is 24.7 Å². The number of hydrogen-bond donors (Lipinski definition) is 1. The molecule has 0 bridgehead atoms. The van der Waals surface area contributed by atoms with Gasteiger partial charge in [0.05, 0.1) is 12.1 Å². The largest absolute Gasteiger partial charge is 0.343 e. The van der Waals surface area contributed by atoms with Crippen molar-refractivity contribution < 1.29 is 0 Å². The molecule has 104 valence electrons. The van der Waals surface area contributed by atoms with Crippen LogP contribution in [0.5, 0.6) is 0 Å². The summed E-state index contributed by atoms with van der Waals surface area (Å²) in [6, 6.07) is 6.10. The molecule has 0 atom stereocenters. The van der Waals surface area contributed by atoms with Crippen LogP contribution in [0.3, 0.4) is 0 Å². The maximum atomic E-state index is 11.4. The first-order chi connectivity index (χ1) is 10.3. The summed E-state index contributed by atoms with van der Waals surface area (Å²) >= 11 is 3.17. The minimum atomic E-state index is -0.199. The van der Waals surface area contributed by atoms with Gasteiger partial charge < -0.3 is 0 Å². The Morgan fingerprint density at radius 2 is 2.24 bits per heavy atom. The maximum absolute atomic E-state index is 11.4. The average molecular weight is 315 g/mol. The van der Waals surface area contributed by atoms with Crippen molar-refractivity contribution in [1.29, 1.82) is 0 Å². The van der Waals surface area contributed by atoms with Crippen LogP contribution in [-0.4, -0.2) is 24.7 Å². The van der Waals surface area contributed by atoms with Gasteiger partial charge in [-0.1, -0.05) is 0 Å². The topological polar surface area (TPSA) is 76.5 Å². The minimum Gasteiger partial charge on any atom is -0.276 e. The van der Waals surface area contributed by atoms with E-state index in [1.165, 1.54) is 22.2 Å². The molecule has 6 nitrogen and oxygen atoms in total. The van der Waals surface area contributed by atoms with Crippen molar-refractivity contribution in [2.24, 2.45) is 0 Å². The second-order valence-electron chi connectivity index (χ2n) is 4.46. The lowest BCUT2D eigenvalue weighted by atomic mass is 10.2. The van der Waals surface area contributed by atoms with Gasteiger partial charge in [0.25, 0.3) is 0 Å². The van der Waals surface area contributed by atoms with Crippen LogP contribution in [0.25, 0.3) is 20.8 Å². The smallest absolute Gasteiger partial charge is 0.276 e. The zero-order valence-electron chi connectivity index (χ0n) is 10.7. The van der Waals surface area contributed by atoms with Crippen molar-refractivity contribution in [3.05, 3.63) is 51.6 Å². The van der Waals surface area contributed by atoms with Crippen LogP contribution in [0.1, 0.15) is 4.88 Å². The van der Waals surface area contributed by atoms with Gasteiger partial charge in [0.2, 0.25) is 0 Å². The third-order valence-corrected chi connectivity index (χ3v) is 4.95. The molecular formula is C13H9N5OS2. The molecule has 0 aliphatic heterocycles. The Bertz CT molecular complexity index is 964. The molecule has 0 aliphatic carbocycles. The van der Waals surface area contributed by atoms with E-state index in [1.807, 2.05) is 24.4 Å². The minimum absolute atomic E-state index is 0.199. The molecule has 0 fully saturated rings. The van der Waals surface area contributed by atoms with E-state index in [0.717, 1.165) is 25.7 Å². The summed E-state index contributed by atoms with van der Waals surface area (Å²) in [5, 5.41) is 6.11. The Labute approximate surface area is 126 Å². The summed E-state index contributed by atoms with van der Waals surface area (Å²) in [6.45, 7) is 0.520. The molecule has 4 aromatic heterocycles. The SMILES string of the molecule is O=c1[nH]ncn1Cc1ccc(-c2cnc3scnc3c2)s1. The molecule has 4 rings (SSSR count). The van der Waals surface area contributed by atoms with E-state index >= 15 is 0 Å². The standard InChI is InChI=1S/C13H9N5OS2/c19-13-17-16-6-18(13)5-9-1-2-11(21-9)8-3-10-12(14-4-8)20-7-15-10/h1-4,6-7H,5H2,(H,17,19). The number of thiazole rings is 1. The third kappa shape index (κ3) is 2.28. The number of nitrogens with one attached hydrogen (secondary N) is 1. The highest BCUT2D eigenvalue weighted by Gasteiger charge is 2.07. The highest BCUT2D eigenvalue weighted by Crippen LogP contribution is 2.30. The van der Waals surface area contributed by atoms with Crippen LogP contribution in [0.2, 0.25) is 0 Å². The lowest BCUT2D eigenvalue weighted by molar-refractivity contribution is 0.772. The van der Waals surface area contributed by atoms with Crippen molar-refractivity contribution >= 4 is 33.0 Å². The molecule has 1 N–H and O–H groups in total. The fourth-order valence-electron chi connectivity index (χ4n) is 2.06. The molecule has 0 amide bonds. The van der Waals surface area contributed by atoms with Crippen LogP contribution in [-0.2, 0) is 6.54 Å². The van der Waals surface area contributed by atoms with Gasteiger partial charge in [-0.2, -0.15) is 5.10 Å². The summed E-state index contributed by atoms with van der Waals surface area (Å²) in [7, 11) is 0. The Kier molecular flexibility index (Phi) is 2.90. The summed E-state index contributed by atoms with van der Waals surface area (Å²) in [6.07, 6.45) is 3.37. The van der Waals surface area contributed by atoms with Gasteiger partial charge in [0.1, 0.15) is 16.7 Å². The van der Waals surface area contributed by atoms with Crippen LogP contribution in [0.4, 0.5) is 0 Å². The van der Waals surface area contributed by atoms with E-state index in [1.54, 1.807) is 16.8 Å². The normalized spacial score (nSPS) is 11.2. The van der Waals surface area contributed by atoms with Gasteiger partial charge in [-0.25, -0.2) is 19.9 Å². The molecule has 4 aromatic rings. The van der Waals surface area contributed by atoms with E-state index in [0.29, 0.717) is 6.54 Å². The van der Waals surface area contributed by atoms with Crippen molar-refractivity contribution in [2.75, 3.05) is 0 Å². The van der Waals surface area contributed by atoms with Crippen LogP contribution in [0.15, 0.2) is 41.0 Å². The Balaban J connectivity index is 1.67. The monoisotopic (exact) mass is 315 g/mol. The maximum Gasteiger partial charge on any atom is 0.343 e. The summed E-state index contributed by atoms with van der Waals surface area (Å²) in [5.41, 5.74) is 3.56. The van der Waals surface area contributed by atoms with Gasteiger partial charge in [-0.15, -0.1) is 22.7 Å². The van der Waals surface area contributed by atoms with E-state index in [2.05, 4.69) is 20.2 Å². The van der Waals surface area contributed by atoms with E-state index in [4.69, 9.17) is 0 Å². The highest BCUT2D eigenvalue weighted by molar-refractivity contribution is 7.16. The fourth-order valence-corrected chi connectivity index (χ4v) is 3.66. The number of hydrogen-bond acceptors (Lipinski definition) is 6. The predicted octanol–water partition coefficient (Wildman–Crippen LogP) is 2.35. The first-order valence-electron chi connectivity index (χ1n) is 6.18. The number of aromatic nitrogens is 5. The van der Waals surface area contributed by atoms with Gasteiger partial charge in [0, 0.05) is 21.5 Å². The van der Waals surface area contributed by atoms with Crippen LogP contribution < -0.4 is 5.69 Å². The van der Waals surface area contributed by atoms with Crippen molar-refractivity contribution in [3.8, 4) is 10.4 Å². The summed E-state index contributed by atoms with van der Waals surface area (Å²) in [4.78, 5) is 23.3. The molecular weight excluding hydrogens is 306 g/mol. The number of fused-ring (bicyclic) bond motifs is 1. The second-order valence-corrected chi connectivity index (χ2v) is 6.46. The lowest BCUT2D eigenvalue weighted by Crippen LogP contribution is -2.16. The summed E-state index contributed by atoms with van der Waals surface area (Å²) in [5.74, 6) is 0. The lowest BCUT2D eigenvalue weighted by Gasteiger charge is -1.97. The molecule has 8 heteroatoms. The third-order valence-electron chi connectivity index (χ3n) is 3.08. The van der Waals surface area contributed by atoms with Gasteiger partial charge >= 0.3 is 5.69 Å². The first kappa shape index (κ1) is 12.4. The number of nitrogens with zero attached hydrogens (tertiary/aromatic N) is 4. The zero-order chi connectivity index (χ0) is 14.2. The fraction of sp³-hybridized carbons (Fsp3) is 0.0769. The van der Waals surface area contributed by atoms with Crippen LogP contribution >= 0.6 is 22.7 Å². The number of rotatable bonds is 3. The highest BCUT2D eigenvalue weighted by atomic mass is 32.1. The van der Waals surface area contributed by atoms with E-state index < -0.39 is 0 Å². The molecule has 0 spiro atoms. The molecule has 0 aromatic carbocycles. The van der Waals surface area contributed by atoms with Crippen molar-refractivity contribution in [3.63, 3.8) is 0 Å². The number of pyridine rings is 1. The predicted molar refractivity (Wildman–Crippen MR) is 82.7 cm³/mol. The average Bonchev–Trinajstić information content (AvgIpc) is 3.20. The second kappa shape index (κ2) is 4.90. The first-order valence-corrected chi connectivity index (χ1v) is 7.87. The molecule has 0 saturated carbocycles. The zero-order valence-corrected chi connectivity index (χ0v) is 12.3. The Morgan fingerprint density at radius 3 is 3.10 bits per heavy atom. The molecule has 0 saturated heterocycles. The van der Waals surface area contributed by atoms with Gasteiger partial charge in [-0.3, -0.25) is 4.57 Å².